The Morgan fingerprint density at radius 1 is 1.32 bits per heavy atom. The Morgan fingerprint density at radius 3 is 2.50 bits per heavy atom. The zero-order valence-corrected chi connectivity index (χ0v) is 13.0. The normalized spacial score (nSPS) is 12.5. The van der Waals surface area contributed by atoms with Crippen LogP contribution in [0.15, 0.2) is 30.3 Å². The molecule has 1 amide bonds. The number of aliphatic carboxylic acids is 1. The molecular weight excluding hydrogens is 284 g/mol. The molecule has 1 unspecified atom stereocenters. The van der Waals surface area contributed by atoms with Crippen LogP contribution in [0.4, 0.5) is 4.79 Å². The molecular formula is C16H24N2O4. The molecule has 0 saturated heterocycles. The molecule has 0 heterocycles. The number of ether oxygens (including phenoxy) is 1. The van der Waals surface area contributed by atoms with Crippen molar-refractivity contribution in [1.29, 1.82) is 0 Å². The molecule has 122 valence electrons. The van der Waals surface area contributed by atoms with E-state index in [1.165, 1.54) is 0 Å². The number of carboxylic acids is 1. The van der Waals surface area contributed by atoms with E-state index in [0.717, 1.165) is 12.0 Å². The fourth-order valence-corrected chi connectivity index (χ4v) is 1.88. The summed E-state index contributed by atoms with van der Waals surface area (Å²) in [5, 5.41) is 11.6. The first kappa shape index (κ1) is 18.0. The summed E-state index contributed by atoms with van der Waals surface area (Å²) in [5.74, 6) is -1.07. The van der Waals surface area contributed by atoms with Crippen molar-refractivity contribution < 1.29 is 19.4 Å². The number of alkyl carbamates (subject to hydrolysis) is 1. The van der Waals surface area contributed by atoms with Gasteiger partial charge < -0.3 is 20.9 Å². The molecule has 22 heavy (non-hydrogen) atoms. The van der Waals surface area contributed by atoms with E-state index in [-0.39, 0.29) is 6.54 Å². The van der Waals surface area contributed by atoms with Gasteiger partial charge in [-0.25, -0.2) is 9.59 Å². The fraction of sp³-hybridized carbons (Fsp3) is 0.500. The van der Waals surface area contributed by atoms with Crippen molar-refractivity contribution in [2.24, 2.45) is 5.73 Å². The van der Waals surface area contributed by atoms with Crippen LogP contribution in [0.25, 0.3) is 0 Å². The van der Waals surface area contributed by atoms with E-state index in [1.807, 2.05) is 30.3 Å². The smallest absolute Gasteiger partial charge is 0.408 e. The minimum Gasteiger partial charge on any atom is -0.480 e. The number of carbonyl (C=O) groups is 2. The van der Waals surface area contributed by atoms with Crippen LogP contribution in [0.2, 0.25) is 0 Å². The van der Waals surface area contributed by atoms with Crippen LogP contribution >= 0.6 is 0 Å². The average Bonchev–Trinajstić information content (AvgIpc) is 2.46. The summed E-state index contributed by atoms with van der Waals surface area (Å²) in [4.78, 5) is 22.9. The van der Waals surface area contributed by atoms with Gasteiger partial charge in [-0.3, -0.25) is 0 Å². The number of benzene rings is 1. The number of aryl methyl sites for hydroxylation is 1. The molecule has 0 aliphatic heterocycles. The number of nitrogens with two attached hydrogens (primary N) is 1. The molecule has 0 fully saturated rings. The predicted molar refractivity (Wildman–Crippen MR) is 83.6 cm³/mol. The van der Waals surface area contributed by atoms with E-state index >= 15 is 0 Å². The van der Waals surface area contributed by atoms with Crippen molar-refractivity contribution in [1.82, 2.24) is 5.32 Å². The third kappa shape index (κ3) is 6.58. The Kier molecular flexibility index (Phi) is 6.85. The van der Waals surface area contributed by atoms with Gasteiger partial charge >= 0.3 is 12.1 Å². The molecule has 0 bridgehead atoms. The second-order valence-corrected chi connectivity index (χ2v) is 5.77. The van der Waals surface area contributed by atoms with Crippen LogP contribution in [0.5, 0.6) is 0 Å². The van der Waals surface area contributed by atoms with Gasteiger partial charge in [0.1, 0.15) is 11.6 Å². The molecule has 0 radical (unpaired) electrons. The fourth-order valence-electron chi connectivity index (χ4n) is 1.88. The monoisotopic (exact) mass is 308 g/mol. The Hall–Kier alpha value is -2.08. The summed E-state index contributed by atoms with van der Waals surface area (Å²) in [6.45, 7) is 3.49. The summed E-state index contributed by atoms with van der Waals surface area (Å²) in [7, 11) is 0. The molecule has 0 aromatic heterocycles. The van der Waals surface area contributed by atoms with Gasteiger partial charge in [0.05, 0.1) is 0 Å². The molecule has 6 heteroatoms. The maximum absolute atomic E-state index is 11.7. The zero-order valence-electron chi connectivity index (χ0n) is 13.0. The minimum absolute atomic E-state index is 0.159. The van der Waals surface area contributed by atoms with E-state index in [1.54, 1.807) is 13.8 Å². The van der Waals surface area contributed by atoms with Crippen LogP contribution in [-0.2, 0) is 16.0 Å². The van der Waals surface area contributed by atoms with Crippen molar-refractivity contribution in [2.75, 3.05) is 6.54 Å². The van der Waals surface area contributed by atoms with E-state index in [0.29, 0.717) is 12.8 Å². The standard InChI is InChI=1S/C16H24N2O4/c1-16(2,11-17)22-15(21)18-13(14(19)20)10-6-9-12-7-4-3-5-8-12/h3-5,7-8,13H,6,9-11,17H2,1-2H3,(H,18,21)(H,19,20). The molecule has 4 N–H and O–H groups in total. The largest absolute Gasteiger partial charge is 0.480 e. The Morgan fingerprint density at radius 2 is 1.95 bits per heavy atom. The Bertz CT molecular complexity index is 488. The summed E-state index contributed by atoms with van der Waals surface area (Å²) < 4.78 is 5.09. The van der Waals surface area contributed by atoms with Crippen molar-refractivity contribution in [2.45, 2.75) is 44.8 Å². The number of rotatable bonds is 8. The van der Waals surface area contributed by atoms with Crippen LogP contribution in [0.3, 0.4) is 0 Å². The average molecular weight is 308 g/mol. The molecule has 0 saturated carbocycles. The summed E-state index contributed by atoms with van der Waals surface area (Å²) >= 11 is 0. The minimum atomic E-state index is -1.07. The third-order valence-corrected chi connectivity index (χ3v) is 3.25. The van der Waals surface area contributed by atoms with Crippen molar-refractivity contribution in [3.05, 3.63) is 35.9 Å². The van der Waals surface area contributed by atoms with Crippen molar-refractivity contribution in [3.8, 4) is 0 Å². The van der Waals surface area contributed by atoms with E-state index in [4.69, 9.17) is 10.5 Å². The highest BCUT2D eigenvalue weighted by atomic mass is 16.6. The lowest BCUT2D eigenvalue weighted by Gasteiger charge is -2.24. The predicted octanol–water partition coefficient (Wildman–Crippen LogP) is 1.93. The number of hydrogen-bond donors (Lipinski definition) is 3. The molecule has 1 rings (SSSR count). The van der Waals surface area contributed by atoms with Crippen molar-refractivity contribution >= 4 is 12.1 Å². The van der Waals surface area contributed by atoms with Gasteiger partial charge in [0.25, 0.3) is 0 Å². The zero-order chi connectivity index (χ0) is 16.6. The second-order valence-electron chi connectivity index (χ2n) is 5.77. The summed E-state index contributed by atoms with van der Waals surface area (Å²) in [6.07, 6.45) is 0.988. The number of nitrogens with one attached hydrogen (secondary N) is 1. The molecule has 0 spiro atoms. The highest BCUT2D eigenvalue weighted by Gasteiger charge is 2.25. The molecule has 1 aromatic rings. The Balaban J connectivity index is 2.45. The lowest BCUT2D eigenvalue weighted by Crippen LogP contribution is -2.46. The first-order valence-electron chi connectivity index (χ1n) is 7.30. The third-order valence-electron chi connectivity index (χ3n) is 3.25. The topological polar surface area (TPSA) is 102 Å². The number of carbonyl (C=O) groups excluding carboxylic acids is 1. The van der Waals surface area contributed by atoms with E-state index in [9.17, 15) is 14.7 Å². The number of amides is 1. The number of hydrogen-bond acceptors (Lipinski definition) is 4. The van der Waals surface area contributed by atoms with Crippen LogP contribution < -0.4 is 11.1 Å². The highest BCUT2D eigenvalue weighted by Crippen LogP contribution is 2.09. The quantitative estimate of drug-likeness (QED) is 0.681. The summed E-state index contributed by atoms with van der Waals surface area (Å²) in [6, 6.07) is 8.82. The maximum atomic E-state index is 11.7. The molecule has 0 aliphatic rings. The van der Waals surface area contributed by atoms with Gasteiger partial charge in [-0.2, -0.15) is 0 Å². The molecule has 1 atom stereocenters. The first-order valence-corrected chi connectivity index (χ1v) is 7.30. The van der Waals surface area contributed by atoms with Gasteiger partial charge in [-0.05, 0) is 38.7 Å². The van der Waals surface area contributed by atoms with E-state index in [2.05, 4.69) is 5.32 Å². The van der Waals surface area contributed by atoms with Crippen molar-refractivity contribution in [3.63, 3.8) is 0 Å². The highest BCUT2D eigenvalue weighted by molar-refractivity contribution is 5.79. The maximum Gasteiger partial charge on any atom is 0.408 e. The Labute approximate surface area is 130 Å². The van der Waals surface area contributed by atoms with Crippen LogP contribution in [0, 0.1) is 0 Å². The first-order chi connectivity index (χ1) is 10.3. The molecule has 1 aromatic carbocycles. The van der Waals surface area contributed by atoms with E-state index < -0.39 is 23.7 Å². The lowest BCUT2D eigenvalue weighted by molar-refractivity contribution is -0.139. The van der Waals surface area contributed by atoms with Crippen LogP contribution in [0.1, 0.15) is 32.3 Å². The van der Waals surface area contributed by atoms with Crippen LogP contribution in [-0.4, -0.2) is 35.4 Å². The molecule has 0 aliphatic carbocycles. The van der Waals surface area contributed by atoms with Gasteiger partial charge in [-0.15, -0.1) is 0 Å². The SMILES string of the molecule is CC(C)(CN)OC(=O)NC(CCCc1ccccc1)C(=O)O. The lowest BCUT2D eigenvalue weighted by atomic mass is 10.0. The summed E-state index contributed by atoms with van der Waals surface area (Å²) in [5.41, 5.74) is 5.78. The van der Waals surface area contributed by atoms with Gasteiger partial charge in [-0.1, -0.05) is 30.3 Å². The van der Waals surface area contributed by atoms with Gasteiger partial charge in [0.15, 0.2) is 0 Å². The second kappa shape index (κ2) is 8.38. The van der Waals surface area contributed by atoms with Gasteiger partial charge in [0.2, 0.25) is 0 Å². The van der Waals surface area contributed by atoms with Gasteiger partial charge in [0, 0.05) is 6.54 Å². The number of carboxylic acid groups (broad SMARTS) is 1. The molecule has 6 nitrogen and oxygen atoms in total.